The highest BCUT2D eigenvalue weighted by Gasteiger charge is 2.38. The molecule has 2 fully saturated rings. The number of amides is 1. The van der Waals surface area contributed by atoms with Crippen LogP contribution in [0.2, 0.25) is 0 Å². The van der Waals surface area contributed by atoms with Gasteiger partial charge in [-0.15, -0.1) is 0 Å². The maximum absolute atomic E-state index is 12.2. The van der Waals surface area contributed by atoms with Crippen molar-refractivity contribution >= 4 is 22.9 Å². The first-order valence-electron chi connectivity index (χ1n) is 8.58. The highest BCUT2D eigenvalue weighted by molar-refractivity contribution is 5.90. The molecule has 0 aromatic heterocycles. The lowest BCUT2D eigenvalue weighted by atomic mass is 9.90. The van der Waals surface area contributed by atoms with Gasteiger partial charge in [0.05, 0.1) is 6.42 Å². The lowest BCUT2D eigenvalue weighted by molar-refractivity contribution is -0.120. The van der Waals surface area contributed by atoms with E-state index in [1.807, 2.05) is 30.5 Å². The molecule has 23 heavy (non-hydrogen) atoms. The molecule has 2 bridgehead atoms. The van der Waals surface area contributed by atoms with Crippen molar-refractivity contribution in [2.45, 2.75) is 32.1 Å². The summed E-state index contributed by atoms with van der Waals surface area (Å²) < 4.78 is 0. The molecule has 2 aliphatic rings. The normalized spacial score (nSPS) is 26.2. The predicted molar refractivity (Wildman–Crippen MR) is 93.2 cm³/mol. The summed E-state index contributed by atoms with van der Waals surface area (Å²) >= 11 is 0. The first-order chi connectivity index (χ1) is 11.3. The molecule has 0 aliphatic heterocycles. The van der Waals surface area contributed by atoms with E-state index in [1.54, 1.807) is 0 Å². The largest absolute Gasteiger partial charge is 0.273 e. The number of benzene rings is 2. The van der Waals surface area contributed by atoms with Crippen molar-refractivity contribution < 1.29 is 4.79 Å². The van der Waals surface area contributed by atoms with Crippen molar-refractivity contribution in [3.05, 3.63) is 48.0 Å². The van der Waals surface area contributed by atoms with Gasteiger partial charge >= 0.3 is 0 Å². The summed E-state index contributed by atoms with van der Waals surface area (Å²) in [5.41, 5.74) is 3.76. The summed E-state index contributed by atoms with van der Waals surface area (Å²) in [5, 5.41) is 6.53. The van der Waals surface area contributed by atoms with Crippen LogP contribution in [0.4, 0.5) is 0 Å². The van der Waals surface area contributed by atoms with Gasteiger partial charge in [0.25, 0.3) is 0 Å². The van der Waals surface area contributed by atoms with E-state index in [-0.39, 0.29) is 5.91 Å². The topological polar surface area (TPSA) is 41.5 Å². The van der Waals surface area contributed by atoms with Gasteiger partial charge in [0.15, 0.2) is 0 Å². The van der Waals surface area contributed by atoms with E-state index in [9.17, 15) is 4.79 Å². The van der Waals surface area contributed by atoms with Gasteiger partial charge in [0.1, 0.15) is 0 Å². The van der Waals surface area contributed by atoms with Crippen LogP contribution in [0, 0.1) is 17.8 Å². The number of hydrazone groups is 1. The summed E-state index contributed by atoms with van der Waals surface area (Å²) in [6.45, 7) is 0. The van der Waals surface area contributed by atoms with Crippen molar-refractivity contribution in [2.75, 3.05) is 0 Å². The minimum Gasteiger partial charge on any atom is -0.273 e. The fourth-order valence-corrected chi connectivity index (χ4v) is 4.34. The van der Waals surface area contributed by atoms with Gasteiger partial charge < -0.3 is 0 Å². The minimum absolute atomic E-state index is 0.0410. The maximum atomic E-state index is 12.2. The van der Waals surface area contributed by atoms with E-state index >= 15 is 0 Å². The SMILES string of the molecule is O=C(Cc1cccc2ccccc12)NN=CC1CC2CCC1C2. The molecule has 3 nitrogen and oxygen atoms in total. The van der Waals surface area contributed by atoms with Crippen LogP contribution in [0.25, 0.3) is 10.8 Å². The van der Waals surface area contributed by atoms with Crippen molar-refractivity contribution in [2.24, 2.45) is 22.9 Å². The van der Waals surface area contributed by atoms with Crippen LogP contribution in [-0.2, 0) is 11.2 Å². The second-order valence-corrected chi connectivity index (χ2v) is 6.97. The Hall–Kier alpha value is -2.16. The zero-order valence-corrected chi connectivity index (χ0v) is 13.2. The molecule has 4 rings (SSSR count). The highest BCUT2D eigenvalue weighted by Crippen LogP contribution is 2.47. The molecule has 3 unspecified atom stereocenters. The molecular formula is C20H22N2O. The Morgan fingerprint density at radius 3 is 2.83 bits per heavy atom. The van der Waals surface area contributed by atoms with Crippen molar-refractivity contribution in [1.82, 2.24) is 5.43 Å². The third kappa shape index (κ3) is 3.00. The zero-order valence-electron chi connectivity index (χ0n) is 13.2. The average Bonchev–Trinajstić information content (AvgIpc) is 3.18. The molecule has 2 aliphatic carbocycles. The van der Waals surface area contributed by atoms with E-state index in [0.717, 1.165) is 22.8 Å². The lowest BCUT2D eigenvalue weighted by Crippen LogP contribution is -2.21. The van der Waals surface area contributed by atoms with E-state index in [4.69, 9.17) is 0 Å². The predicted octanol–water partition coefficient (Wildman–Crippen LogP) is 3.92. The Balaban J connectivity index is 1.38. The summed E-state index contributed by atoms with van der Waals surface area (Å²) in [4.78, 5) is 12.2. The molecule has 1 N–H and O–H groups in total. The molecule has 3 heteroatoms. The average molecular weight is 306 g/mol. The number of nitrogens with one attached hydrogen (secondary N) is 1. The van der Waals surface area contributed by atoms with Crippen LogP contribution in [0.1, 0.15) is 31.2 Å². The highest BCUT2D eigenvalue weighted by atomic mass is 16.2. The van der Waals surface area contributed by atoms with Crippen molar-refractivity contribution in [3.63, 3.8) is 0 Å². The number of rotatable bonds is 4. The monoisotopic (exact) mass is 306 g/mol. The smallest absolute Gasteiger partial charge is 0.244 e. The van der Waals surface area contributed by atoms with E-state index in [2.05, 4.69) is 28.7 Å². The second kappa shape index (κ2) is 6.15. The summed E-state index contributed by atoms with van der Waals surface area (Å²) in [6, 6.07) is 14.3. The number of fused-ring (bicyclic) bond motifs is 3. The Morgan fingerprint density at radius 2 is 2.00 bits per heavy atom. The first-order valence-corrected chi connectivity index (χ1v) is 8.58. The van der Waals surface area contributed by atoms with Gasteiger partial charge in [-0.2, -0.15) is 5.10 Å². The molecule has 2 aromatic rings. The molecule has 0 radical (unpaired) electrons. The number of hydrogen-bond donors (Lipinski definition) is 1. The first kappa shape index (κ1) is 14.4. The standard InChI is InChI=1S/C20H22N2O/c23-20(22-21-13-18-11-14-8-9-16(18)10-14)12-17-6-3-5-15-4-1-2-7-19(15)17/h1-7,13-14,16,18H,8-12H2,(H,22,23). The summed E-state index contributed by atoms with van der Waals surface area (Å²) in [6.07, 6.45) is 7.70. The van der Waals surface area contributed by atoms with Gasteiger partial charge in [-0.05, 0) is 53.4 Å². The minimum atomic E-state index is -0.0410. The van der Waals surface area contributed by atoms with Gasteiger partial charge in [-0.3, -0.25) is 4.79 Å². The Bertz CT molecular complexity index is 747. The third-order valence-corrected chi connectivity index (χ3v) is 5.48. The van der Waals surface area contributed by atoms with Crippen LogP contribution in [0.3, 0.4) is 0 Å². The van der Waals surface area contributed by atoms with Crippen LogP contribution in [-0.4, -0.2) is 12.1 Å². The Labute approximate surface area is 136 Å². The van der Waals surface area contributed by atoms with E-state index in [0.29, 0.717) is 12.3 Å². The number of nitrogens with zero attached hydrogens (tertiary/aromatic N) is 1. The van der Waals surface area contributed by atoms with Gasteiger partial charge in [0, 0.05) is 6.21 Å². The van der Waals surface area contributed by atoms with Crippen LogP contribution >= 0.6 is 0 Å². The van der Waals surface area contributed by atoms with Crippen LogP contribution in [0.5, 0.6) is 0 Å². The molecule has 2 saturated carbocycles. The third-order valence-electron chi connectivity index (χ3n) is 5.48. The van der Waals surface area contributed by atoms with Crippen molar-refractivity contribution in [3.8, 4) is 0 Å². The zero-order chi connectivity index (χ0) is 15.6. The quantitative estimate of drug-likeness (QED) is 0.675. The molecule has 0 spiro atoms. The summed E-state index contributed by atoms with van der Waals surface area (Å²) in [5.74, 6) is 2.24. The maximum Gasteiger partial charge on any atom is 0.244 e. The Kier molecular flexibility index (Phi) is 3.86. The molecule has 118 valence electrons. The van der Waals surface area contributed by atoms with Gasteiger partial charge in [-0.1, -0.05) is 48.9 Å². The summed E-state index contributed by atoms with van der Waals surface area (Å²) in [7, 11) is 0. The van der Waals surface area contributed by atoms with E-state index < -0.39 is 0 Å². The van der Waals surface area contributed by atoms with Gasteiger partial charge in [0.2, 0.25) is 5.91 Å². The molecular weight excluding hydrogens is 284 g/mol. The molecule has 0 heterocycles. The van der Waals surface area contributed by atoms with E-state index in [1.165, 1.54) is 31.1 Å². The lowest BCUT2D eigenvalue weighted by Gasteiger charge is -2.16. The van der Waals surface area contributed by atoms with Crippen LogP contribution in [0.15, 0.2) is 47.6 Å². The number of carbonyl (C=O) groups is 1. The Morgan fingerprint density at radius 1 is 1.13 bits per heavy atom. The molecule has 2 aromatic carbocycles. The fourth-order valence-electron chi connectivity index (χ4n) is 4.34. The molecule has 0 saturated heterocycles. The number of carbonyl (C=O) groups excluding carboxylic acids is 1. The number of hydrogen-bond acceptors (Lipinski definition) is 2. The molecule has 1 amide bonds. The van der Waals surface area contributed by atoms with Crippen molar-refractivity contribution in [1.29, 1.82) is 0 Å². The van der Waals surface area contributed by atoms with Gasteiger partial charge in [-0.25, -0.2) is 5.43 Å². The molecule has 3 atom stereocenters. The second-order valence-electron chi connectivity index (χ2n) is 6.97. The fraction of sp³-hybridized carbons (Fsp3) is 0.400. The van der Waals surface area contributed by atoms with Crippen LogP contribution < -0.4 is 5.43 Å².